The molecule has 19 heavy (non-hydrogen) atoms. The lowest BCUT2D eigenvalue weighted by Crippen LogP contribution is -2.36. The van der Waals surface area contributed by atoms with E-state index in [1.54, 1.807) is 12.1 Å². The van der Waals surface area contributed by atoms with Crippen LogP contribution in [-0.4, -0.2) is 29.5 Å². The largest absolute Gasteiger partial charge is 0.302 e. The van der Waals surface area contributed by atoms with Crippen LogP contribution in [0.3, 0.4) is 0 Å². The number of hydrogen-bond donors (Lipinski definition) is 0. The molecule has 1 atom stereocenters. The van der Waals surface area contributed by atoms with Gasteiger partial charge in [-0.15, -0.1) is 0 Å². The minimum absolute atomic E-state index is 0.111. The van der Waals surface area contributed by atoms with Gasteiger partial charge in [-0.05, 0) is 25.8 Å². The molecule has 0 saturated carbocycles. The second-order valence-electron chi connectivity index (χ2n) is 4.90. The highest BCUT2D eigenvalue weighted by atomic mass is 16.6. The summed E-state index contributed by atoms with van der Waals surface area (Å²) >= 11 is 0. The second kappa shape index (κ2) is 6.30. The zero-order valence-corrected chi connectivity index (χ0v) is 10.8. The Hall–Kier alpha value is -1.93. The molecule has 0 bridgehead atoms. The van der Waals surface area contributed by atoms with Crippen LogP contribution < -0.4 is 0 Å². The molecule has 1 fully saturated rings. The van der Waals surface area contributed by atoms with E-state index in [1.165, 1.54) is 0 Å². The summed E-state index contributed by atoms with van der Waals surface area (Å²) in [7, 11) is 0. The second-order valence-corrected chi connectivity index (χ2v) is 4.90. The molecule has 0 radical (unpaired) electrons. The van der Waals surface area contributed by atoms with Gasteiger partial charge in [0.15, 0.2) is 0 Å². The molecule has 1 aromatic rings. The minimum atomic E-state index is -0.330. The lowest BCUT2D eigenvalue weighted by Gasteiger charge is -2.29. The van der Waals surface area contributed by atoms with Crippen LogP contribution in [-0.2, 0) is 6.42 Å². The topological polar surface area (TPSA) is 70.2 Å². The molecule has 0 spiro atoms. The number of nitro benzene ring substituents is 1. The smallest absolute Gasteiger partial charge is 0.272 e. The number of likely N-dealkylation sites (tertiary alicyclic amines) is 1. The van der Waals surface area contributed by atoms with Crippen molar-refractivity contribution in [3.05, 3.63) is 39.9 Å². The lowest BCUT2D eigenvalue weighted by molar-refractivity contribution is -0.385. The van der Waals surface area contributed by atoms with Crippen molar-refractivity contribution < 1.29 is 4.92 Å². The van der Waals surface area contributed by atoms with Crippen molar-refractivity contribution in [2.75, 3.05) is 19.6 Å². The Morgan fingerprint density at radius 1 is 1.47 bits per heavy atom. The van der Waals surface area contributed by atoms with E-state index in [2.05, 4.69) is 11.0 Å². The lowest BCUT2D eigenvalue weighted by atomic mass is 9.99. The van der Waals surface area contributed by atoms with E-state index in [-0.39, 0.29) is 16.5 Å². The van der Waals surface area contributed by atoms with E-state index in [9.17, 15) is 10.1 Å². The Morgan fingerprint density at radius 2 is 2.26 bits per heavy atom. The zero-order valence-electron chi connectivity index (χ0n) is 10.8. The van der Waals surface area contributed by atoms with E-state index in [4.69, 9.17) is 5.26 Å². The van der Waals surface area contributed by atoms with E-state index < -0.39 is 0 Å². The third-order valence-corrected chi connectivity index (χ3v) is 3.57. The molecule has 1 unspecified atom stereocenters. The maximum Gasteiger partial charge on any atom is 0.272 e. The average Bonchev–Trinajstić information content (AvgIpc) is 2.45. The number of para-hydroxylation sites is 1. The van der Waals surface area contributed by atoms with Gasteiger partial charge in [0.05, 0.1) is 16.9 Å². The first-order valence-electron chi connectivity index (χ1n) is 6.55. The number of piperidine rings is 1. The van der Waals surface area contributed by atoms with Gasteiger partial charge < -0.3 is 4.90 Å². The van der Waals surface area contributed by atoms with Crippen molar-refractivity contribution in [1.29, 1.82) is 5.26 Å². The molecule has 2 rings (SSSR count). The third-order valence-electron chi connectivity index (χ3n) is 3.57. The van der Waals surface area contributed by atoms with Gasteiger partial charge in [0.25, 0.3) is 5.69 Å². The standard InChI is InChI=1S/C14H17N3O2/c15-10-12-4-3-8-16(11-12)9-7-13-5-1-2-6-14(13)17(18)19/h1-2,5-6,12H,3-4,7-9,11H2. The Labute approximate surface area is 112 Å². The van der Waals surface area contributed by atoms with Crippen LogP contribution in [0, 0.1) is 27.4 Å². The molecule has 5 heteroatoms. The normalized spacial score (nSPS) is 19.8. The van der Waals surface area contributed by atoms with Crippen LogP contribution in [0.25, 0.3) is 0 Å². The van der Waals surface area contributed by atoms with Crippen molar-refractivity contribution in [2.24, 2.45) is 5.92 Å². The van der Waals surface area contributed by atoms with E-state index in [1.807, 2.05) is 12.1 Å². The van der Waals surface area contributed by atoms with E-state index in [0.29, 0.717) is 6.42 Å². The summed E-state index contributed by atoms with van der Waals surface area (Å²) in [6, 6.07) is 9.19. The Kier molecular flexibility index (Phi) is 4.48. The van der Waals surface area contributed by atoms with Gasteiger partial charge in [-0.25, -0.2) is 0 Å². The van der Waals surface area contributed by atoms with Gasteiger partial charge in [0.2, 0.25) is 0 Å². The first-order chi connectivity index (χ1) is 9.20. The Bertz CT molecular complexity index is 496. The predicted molar refractivity (Wildman–Crippen MR) is 71.6 cm³/mol. The van der Waals surface area contributed by atoms with Crippen LogP contribution >= 0.6 is 0 Å². The molecule has 1 aliphatic rings. The molecular formula is C14H17N3O2. The molecule has 0 amide bonds. The quantitative estimate of drug-likeness (QED) is 0.614. The molecule has 1 aromatic carbocycles. The van der Waals surface area contributed by atoms with Gasteiger partial charge in [-0.1, -0.05) is 18.2 Å². The van der Waals surface area contributed by atoms with Crippen molar-refractivity contribution in [3.63, 3.8) is 0 Å². The zero-order chi connectivity index (χ0) is 13.7. The summed E-state index contributed by atoms with van der Waals surface area (Å²) in [5.41, 5.74) is 0.961. The predicted octanol–water partition coefficient (Wildman–Crippen LogP) is 2.37. The highest BCUT2D eigenvalue weighted by molar-refractivity contribution is 5.39. The van der Waals surface area contributed by atoms with E-state index in [0.717, 1.165) is 38.0 Å². The van der Waals surface area contributed by atoms with Crippen molar-refractivity contribution >= 4 is 5.69 Å². The van der Waals surface area contributed by atoms with Gasteiger partial charge in [0, 0.05) is 24.7 Å². The highest BCUT2D eigenvalue weighted by Gasteiger charge is 2.20. The third kappa shape index (κ3) is 3.52. The number of benzene rings is 1. The average molecular weight is 259 g/mol. The molecule has 1 heterocycles. The fourth-order valence-corrected chi connectivity index (χ4v) is 2.54. The summed E-state index contributed by atoms with van der Waals surface area (Å²) < 4.78 is 0. The number of nitriles is 1. The SMILES string of the molecule is N#CC1CCCN(CCc2ccccc2[N+](=O)[O-])C1. The first-order valence-corrected chi connectivity index (χ1v) is 6.55. The van der Waals surface area contributed by atoms with E-state index >= 15 is 0 Å². The molecule has 100 valence electrons. The number of nitro groups is 1. The van der Waals surface area contributed by atoms with Crippen LogP contribution in [0.15, 0.2) is 24.3 Å². The van der Waals surface area contributed by atoms with Crippen LogP contribution in [0.5, 0.6) is 0 Å². The first kappa shape index (κ1) is 13.5. The van der Waals surface area contributed by atoms with Gasteiger partial charge in [-0.2, -0.15) is 5.26 Å². The number of nitrogens with zero attached hydrogens (tertiary/aromatic N) is 3. The summed E-state index contributed by atoms with van der Waals surface area (Å²) in [4.78, 5) is 12.8. The van der Waals surface area contributed by atoms with Crippen LogP contribution in [0.2, 0.25) is 0 Å². The fourth-order valence-electron chi connectivity index (χ4n) is 2.54. The van der Waals surface area contributed by atoms with Crippen molar-refractivity contribution in [3.8, 4) is 6.07 Å². The minimum Gasteiger partial charge on any atom is -0.302 e. The fraction of sp³-hybridized carbons (Fsp3) is 0.500. The van der Waals surface area contributed by atoms with Gasteiger partial charge in [0.1, 0.15) is 0 Å². The molecule has 0 aromatic heterocycles. The van der Waals surface area contributed by atoms with Crippen LogP contribution in [0.4, 0.5) is 5.69 Å². The number of rotatable bonds is 4. The number of hydrogen-bond acceptors (Lipinski definition) is 4. The molecule has 5 nitrogen and oxygen atoms in total. The molecule has 1 saturated heterocycles. The summed E-state index contributed by atoms with van der Waals surface area (Å²) in [5, 5.41) is 19.9. The van der Waals surface area contributed by atoms with Crippen molar-refractivity contribution in [1.82, 2.24) is 4.90 Å². The van der Waals surface area contributed by atoms with Gasteiger partial charge >= 0.3 is 0 Å². The molecular weight excluding hydrogens is 242 g/mol. The molecule has 1 aliphatic heterocycles. The Morgan fingerprint density at radius 3 is 3.00 bits per heavy atom. The molecule has 0 N–H and O–H groups in total. The summed E-state index contributed by atoms with van der Waals surface area (Å²) in [6.07, 6.45) is 2.67. The van der Waals surface area contributed by atoms with Gasteiger partial charge in [-0.3, -0.25) is 10.1 Å². The summed E-state index contributed by atoms with van der Waals surface area (Å²) in [5.74, 6) is 0.111. The maximum absolute atomic E-state index is 10.9. The maximum atomic E-state index is 10.9. The summed E-state index contributed by atoms with van der Waals surface area (Å²) in [6.45, 7) is 2.55. The Balaban J connectivity index is 1.96. The van der Waals surface area contributed by atoms with Crippen LogP contribution in [0.1, 0.15) is 18.4 Å². The molecule has 0 aliphatic carbocycles. The monoisotopic (exact) mass is 259 g/mol. The van der Waals surface area contributed by atoms with Crippen molar-refractivity contribution in [2.45, 2.75) is 19.3 Å². The highest BCUT2D eigenvalue weighted by Crippen LogP contribution is 2.20.